The van der Waals surface area contributed by atoms with Crippen molar-refractivity contribution in [3.05, 3.63) is 47.2 Å². The Bertz CT molecular complexity index is 1010. The van der Waals surface area contributed by atoms with Crippen LogP contribution in [-0.4, -0.2) is 42.0 Å². The topological polar surface area (TPSA) is 101 Å². The number of carbonyl (C=O) groups excluding carboxylic acids is 3. The Morgan fingerprint density at radius 2 is 1.88 bits per heavy atom. The Morgan fingerprint density at radius 3 is 2.50 bits per heavy atom. The molecule has 34 heavy (non-hydrogen) atoms. The predicted octanol–water partition coefficient (Wildman–Crippen LogP) is 5.06. The molecule has 1 aromatic heterocycles. The minimum atomic E-state index is -0.762. The molecule has 0 saturated heterocycles. The van der Waals surface area contributed by atoms with E-state index in [9.17, 15) is 14.4 Å². The van der Waals surface area contributed by atoms with Gasteiger partial charge in [-0.2, -0.15) is 0 Å². The number of rotatable bonds is 12. The van der Waals surface area contributed by atoms with Gasteiger partial charge in [0, 0.05) is 30.6 Å². The molecule has 0 N–H and O–H groups in total. The lowest BCUT2D eigenvalue weighted by Crippen LogP contribution is -2.35. The number of ketones is 1. The zero-order chi connectivity index (χ0) is 25.3. The van der Waals surface area contributed by atoms with Gasteiger partial charge >= 0.3 is 11.9 Å². The summed E-state index contributed by atoms with van der Waals surface area (Å²) in [7, 11) is 1.39. The molecule has 0 amide bonds. The number of hydrogen-bond donors (Lipinski definition) is 0. The molecule has 0 fully saturated rings. The van der Waals surface area contributed by atoms with E-state index in [-0.39, 0.29) is 29.7 Å². The molecule has 0 radical (unpaired) electrons. The summed E-state index contributed by atoms with van der Waals surface area (Å²) in [6, 6.07) is 8.48. The quantitative estimate of drug-likeness (QED) is 0.300. The number of benzene rings is 1. The monoisotopic (exact) mass is 491 g/mol. The number of halogens is 1. The number of hydrogen-bond acceptors (Lipinski definition) is 8. The highest BCUT2D eigenvalue weighted by atomic mass is 35.5. The van der Waals surface area contributed by atoms with Gasteiger partial charge in [0.15, 0.2) is 17.2 Å². The number of nitrogens with zero attached hydrogens (tertiary/aromatic N) is 1. The van der Waals surface area contributed by atoms with Crippen molar-refractivity contribution in [2.45, 2.75) is 59.2 Å². The molecule has 0 aliphatic rings. The molecule has 0 saturated carbocycles. The van der Waals surface area contributed by atoms with E-state index >= 15 is 0 Å². The molecule has 0 bridgehead atoms. The highest BCUT2D eigenvalue weighted by molar-refractivity contribution is 6.30. The van der Waals surface area contributed by atoms with E-state index in [0.29, 0.717) is 17.2 Å². The lowest BCUT2D eigenvalue weighted by molar-refractivity contribution is -0.157. The fourth-order valence-electron chi connectivity index (χ4n) is 3.25. The van der Waals surface area contributed by atoms with Crippen molar-refractivity contribution in [2.75, 3.05) is 7.11 Å². The van der Waals surface area contributed by atoms with Crippen LogP contribution in [-0.2, 0) is 14.3 Å². The second-order valence-electron chi connectivity index (χ2n) is 7.86. The van der Waals surface area contributed by atoms with Crippen LogP contribution in [0.1, 0.15) is 57.4 Å². The van der Waals surface area contributed by atoms with E-state index in [0.717, 1.165) is 6.42 Å². The number of aromatic nitrogens is 1. The fourth-order valence-corrected chi connectivity index (χ4v) is 3.43. The smallest absolute Gasteiger partial charge is 0.309 e. The number of carbonyl (C=O) groups is 3. The molecule has 2 aromatic rings. The van der Waals surface area contributed by atoms with E-state index in [4.69, 9.17) is 30.5 Å². The molecule has 0 spiro atoms. The molecule has 3 atom stereocenters. The summed E-state index contributed by atoms with van der Waals surface area (Å²) in [5.74, 6) is -1.71. The maximum absolute atomic E-state index is 12.9. The number of ether oxygens (including phenoxy) is 4. The molecule has 0 aliphatic heterocycles. The molecule has 0 unspecified atom stereocenters. The van der Waals surface area contributed by atoms with Gasteiger partial charge in [-0.3, -0.25) is 14.4 Å². The maximum atomic E-state index is 12.9. The molecule has 8 nitrogen and oxygen atoms in total. The van der Waals surface area contributed by atoms with Gasteiger partial charge in [0.2, 0.25) is 5.75 Å². The first kappa shape index (κ1) is 27.1. The molecule has 0 aliphatic carbocycles. The summed E-state index contributed by atoms with van der Waals surface area (Å²) >= 11 is 6.03. The Hall–Kier alpha value is -3.13. The van der Waals surface area contributed by atoms with E-state index in [1.54, 1.807) is 38.1 Å². The molecule has 184 valence electrons. The van der Waals surface area contributed by atoms with Crippen molar-refractivity contribution in [1.82, 2.24) is 4.98 Å². The SMILES string of the molecule is CCC[C@@H](Oc1cccc(Cl)c1)[C@H](C)OC(=O)[C@H](C)CC(=O)c1nccc(OC)c1OC(C)=O. The summed E-state index contributed by atoms with van der Waals surface area (Å²) < 4.78 is 21.9. The van der Waals surface area contributed by atoms with Gasteiger partial charge in [0.1, 0.15) is 18.0 Å². The van der Waals surface area contributed by atoms with Gasteiger partial charge in [-0.1, -0.05) is 37.9 Å². The summed E-state index contributed by atoms with van der Waals surface area (Å²) in [4.78, 5) is 41.1. The third-order valence-electron chi connectivity index (χ3n) is 4.97. The molecular weight excluding hydrogens is 462 g/mol. The first-order chi connectivity index (χ1) is 16.2. The van der Waals surface area contributed by atoms with Crippen molar-refractivity contribution in [2.24, 2.45) is 5.92 Å². The average Bonchev–Trinajstić information content (AvgIpc) is 2.78. The predicted molar refractivity (Wildman–Crippen MR) is 127 cm³/mol. The van der Waals surface area contributed by atoms with Gasteiger partial charge in [0.25, 0.3) is 0 Å². The summed E-state index contributed by atoms with van der Waals surface area (Å²) in [6.45, 7) is 6.55. The second kappa shape index (κ2) is 12.9. The third kappa shape index (κ3) is 7.73. The maximum Gasteiger partial charge on any atom is 0.309 e. The first-order valence-electron chi connectivity index (χ1n) is 11.0. The van der Waals surface area contributed by atoms with Gasteiger partial charge in [-0.15, -0.1) is 0 Å². The van der Waals surface area contributed by atoms with Gasteiger partial charge < -0.3 is 18.9 Å². The molecule has 1 aromatic carbocycles. The summed E-state index contributed by atoms with van der Waals surface area (Å²) in [5, 5.41) is 0.545. The number of pyridine rings is 1. The minimum Gasteiger partial charge on any atom is -0.493 e. The third-order valence-corrected chi connectivity index (χ3v) is 5.21. The normalized spacial score (nSPS) is 13.4. The van der Waals surface area contributed by atoms with Crippen molar-refractivity contribution < 1.29 is 33.3 Å². The number of esters is 2. The second-order valence-corrected chi connectivity index (χ2v) is 8.29. The van der Waals surface area contributed by atoms with Gasteiger partial charge in [-0.25, -0.2) is 4.98 Å². The number of Topliss-reactive ketones (excluding diaryl/α,β-unsaturated/α-hetero) is 1. The summed E-state index contributed by atoms with van der Waals surface area (Å²) in [6.07, 6.45) is 1.72. The summed E-state index contributed by atoms with van der Waals surface area (Å²) in [5.41, 5.74) is -0.0876. The van der Waals surface area contributed by atoms with Crippen LogP contribution >= 0.6 is 11.6 Å². The van der Waals surface area contributed by atoms with E-state index in [1.807, 2.05) is 6.92 Å². The Morgan fingerprint density at radius 1 is 1.15 bits per heavy atom. The van der Waals surface area contributed by atoms with Gasteiger partial charge in [-0.05, 0) is 31.5 Å². The van der Waals surface area contributed by atoms with Crippen molar-refractivity contribution >= 4 is 29.3 Å². The average molecular weight is 492 g/mol. The zero-order valence-electron chi connectivity index (χ0n) is 20.0. The van der Waals surface area contributed by atoms with Gasteiger partial charge in [0.05, 0.1) is 13.0 Å². The lowest BCUT2D eigenvalue weighted by Gasteiger charge is -2.26. The largest absolute Gasteiger partial charge is 0.493 e. The Kier molecular flexibility index (Phi) is 10.3. The van der Waals surface area contributed by atoms with Crippen LogP contribution < -0.4 is 14.2 Å². The van der Waals surface area contributed by atoms with Crippen LogP contribution in [0.5, 0.6) is 17.2 Å². The van der Waals surface area contributed by atoms with Crippen LogP contribution in [0.3, 0.4) is 0 Å². The fraction of sp³-hybridized carbons (Fsp3) is 0.440. The molecule has 1 heterocycles. The van der Waals surface area contributed by atoms with Crippen LogP contribution in [0.4, 0.5) is 0 Å². The molecular formula is C25H30ClNO7. The Balaban J connectivity index is 2.07. The van der Waals surface area contributed by atoms with Crippen LogP contribution in [0, 0.1) is 5.92 Å². The standard InChI is InChI=1S/C25H30ClNO7/c1-6-8-21(34-19-10-7-9-18(26)14-19)16(3)32-25(30)15(2)13-20(29)23-24(33-17(4)28)22(31-5)11-12-27-23/h7,9-12,14-16,21H,6,8,13H2,1-5H3/t15-,16+,21-/m1/s1. The van der Waals surface area contributed by atoms with E-state index in [1.165, 1.54) is 26.3 Å². The van der Waals surface area contributed by atoms with Crippen molar-refractivity contribution in [1.29, 1.82) is 0 Å². The first-order valence-corrected chi connectivity index (χ1v) is 11.4. The van der Waals surface area contributed by atoms with Crippen molar-refractivity contribution in [3.63, 3.8) is 0 Å². The molecule has 9 heteroatoms. The van der Waals surface area contributed by atoms with Crippen LogP contribution in [0.15, 0.2) is 36.5 Å². The lowest BCUT2D eigenvalue weighted by atomic mass is 10.0. The van der Waals surface area contributed by atoms with E-state index in [2.05, 4.69) is 4.98 Å². The van der Waals surface area contributed by atoms with Crippen molar-refractivity contribution in [3.8, 4) is 17.2 Å². The number of methoxy groups -OCH3 is 1. The zero-order valence-corrected chi connectivity index (χ0v) is 20.8. The molecule has 2 rings (SSSR count). The highest BCUT2D eigenvalue weighted by Gasteiger charge is 2.28. The Labute approximate surface area is 204 Å². The van der Waals surface area contributed by atoms with E-state index < -0.39 is 29.7 Å². The van der Waals surface area contributed by atoms with Crippen LogP contribution in [0.2, 0.25) is 5.02 Å². The van der Waals surface area contributed by atoms with Crippen LogP contribution in [0.25, 0.3) is 0 Å². The minimum absolute atomic E-state index is 0.0747. The highest BCUT2D eigenvalue weighted by Crippen LogP contribution is 2.31.